The van der Waals surface area contributed by atoms with Crippen LogP contribution in [0.5, 0.6) is 0 Å². The van der Waals surface area contributed by atoms with Gasteiger partial charge in [0, 0.05) is 24.1 Å². The van der Waals surface area contributed by atoms with Crippen LogP contribution >= 0.6 is 15.9 Å². The Bertz CT molecular complexity index is 1290. The molecule has 1 N–H and O–H groups in total. The van der Waals surface area contributed by atoms with Gasteiger partial charge in [-0.25, -0.2) is 12.7 Å². The fraction of sp³-hybridized carbons (Fsp3) is 0.360. The summed E-state index contributed by atoms with van der Waals surface area (Å²) in [6.45, 7) is 3.86. The Morgan fingerprint density at radius 1 is 1.14 bits per heavy atom. The first-order chi connectivity index (χ1) is 17.1. The van der Waals surface area contributed by atoms with E-state index in [0.29, 0.717) is 31.9 Å². The third kappa shape index (κ3) is 5.25. The number of hydrogen-bond donors (Lipinski definition) is 1. The van der Waals surface area contributed by atoms with Crippen molar-refractivity contribution in [2.45, 2.75) is 10.9 Å². The topological polar surface area (TPSA) is 111 Å². The second-order valence-corrected chi connectivity index (χ2v) is 12.0. The maximum atomic E-state index is 13.6. The molecule has 36 heavy (non-hydrogen) atoms. The lowest BCUT2D eigenvalue weighted by atomic mass is 9.95. The molecule has 2 aliphatic heterocycles. The Hall–Kier alpha value is -2.57. The Morgan fingerprint density at radius 2 is 1.81 bits per heavy atom. The summed E-state index contributed by atoms with van der Waals surface area (Å²) in [5, 5.41) is 13.6. The number of quaternary nitrogens is 1. The van der Waals surface area contributed by atoms with Crippen LogP contribution in [0.2, 0.25) is 0 Å². The molecule has 0 bridgehead atoms. The third-order valence-corrected chi connectivity index (χ3v) is 8.82. The number of likely N-dealkylation sites (tertiary alicyclic amines) is 1. The number of benzene rings is 2. The molecule has 2 saturated heterocycles. The standard InChI is InChI=1S/C25H28BrN3O6S/c1-27(2)36(33,34)20-8-6-17(7-9-20)23(30)21-22(18-4-3-5-19(26)16-18)29(25(32)24(21)31)11-10-28-12-14-35-15-13-28/h3-9,16,22,30H,10-15H2,1-2H3/b23-21+. The predicted molar refractivity (Wildman–Crippen MR) is 134 cm³/mol. The van der Waals surface area contributed by atoms with Crippen molar-refractivity contribution in [3.05, 3.63) is 69.7 Å². The second-order valence-electron chi connectivity index (χ2n) is 8.95. The lowest BCUT2D eigenvalue weighted by molar-refractivity contribution is -0.907. The fourth-order valence-corrected chi connectivity index (χ4v) is 5.78. The quantitative estimate of drug-likeness (QED) is 0.278. The van der Waals surface area contributed by atoms with Gasteiger partial charge in [-0.05, 0) is 35.4 Å². The van der Waals surface area contributed by atoms with E-state index in [4.69, 9.17) is 4.74 Å². The first-order valence-corrected chi connectivity index (χ1v) is 13.8. The number of halogens is 1. The van der Waals surface area contributed by atoms with Gasteiger partial charge >= 0.3 is 0 Å². The van der Waals surface area contributed by atoms with Crippen molar-refractivity contribution in [3.8, 4) is 0 Å². The fourth-order valence-electron chi connectivity index (χ4n) is 4.46. The van der Waals surface area contributed by atoms with Gasteiger partial charge in [0.05, 0.1) is 37.2 Å². The lowest BCUT2D eigenvalue weighted by Crippen LogP contribution is -3.14. The summed E-state index contributed by atoms with van der Waals surface area (Å²) in [7, 11) is -0.835. The van der Waals surface area contributed by atoms with Crippen molar-refractivity contribution < 1.29 is 32.8 Å². The number of ether oxygens (including phenoxy) is 1. The van der Waals surface area contributed by atoms with E-state index in [1.54, 1.807) is 18.2 Å². The average Bonchev–Trinajstić information content (AvgIpc) is 3.12. The van der Waals surface area contributed by atoms with Crippen LogP contribution in [-0.2, 0) is 24.3 Å². The SMILES string of the molecule is CN(C)S(=O)(=O)c1ccc(/C([O-])=C2\C(=O)C(=O)N(CC[NH+]3CCOCC3)C2c2cccc(Br)c2)cc1. The summed E-state index contributed by atoms with van der Waals surface area (Å²) in [5.41, 5.74) is 0.665. The molecule has 1 atom stereocenters. The highest BCUT2D eigenvalue weighted by molar-refractivity contribution is 9.10. The van der Waals surface area contributed by atoms with Gasteiger partial charge in [-0.15, -0.1) is 0 Å². The number of amides is 1. The number of Topliss-reactive ketones (excluding diaryl/α,β-unsaturated/α-hetero) is 1. The number of morpholine rings is 1. The first kappa shape index (κ1) is 26.5. The van der Waals surface area contributed by atoms with Gasteiger partial charge in [0.1, 0.15) is 13.1 Å². The van der Waals surface area contributed by atoms with Crippen molar-refractivity contribution in [2.75, 3.05) is 53.5 Å². The molecule has 0 aromatic heterocycles. The van der Waals surface area contributed by atoms with Gasteiger partial charge in [0.2, 0.25) is 15.8 Å². The zero-order valence-electron chi connectivity index (χ0n) is 20.1. The summed E-state index contributed by atoms with van der Waals surface area (Å²) in [6, 6.07) is 11.8. The minimum absolute atomic E-state index is 0.0292. The van der Waals surface area contributed by atoms with Crippen LogP contribution in [-0.4, -0.2) is 82.8 Å². The van der Waals surface area contributed by atoms with E-state index < -0.39 is 33.5 Å². The molecule has 2 aromatic rings. The molecule has 11 heteroatoms. The van der Waals surface area contributed by atoms with E-state index in [1.165, 1.54) is 48.2 Å². The van der Waals surface area contributed by atoms with Crippen molar-refractivity contribution in [2.24, 2.45) is 0 Å². The molecule has 192 valence electrons. The highest BCUT2D eigenvalue weighted by Crippen LogP contribution is 2.39. The number of nitrogens with zero attached hydrogens (tertiary/aromatic N) is 2. The Kier molecular flexibility index (Phi) is 7.96. The number of carbonyl (C=O) groups excluding carboxylic acids is 2. The molecule has 1 unspecified atom stereocenters. The number of hydrogen-bond acceptors (Lipinski definition) is 6. The lowest BCUT2D eigenvalue weighted by Gasteiger charge is -2.30. The van der Waals surface area contributed by atoms with Crippen molar-refractivity contribution in [1.29, 1.82) is 0 Å². The van der Waals surface area contributed by atoms with E-state index in [2.05, 4.69) is 15.9 Å². The molecule has 0 radical (unpaired) electrons. The second kappa shape index (κ2) is 10.8. The van der Waals surface area contributed by atoms with Crippen molar-refractivity contribution in [1.82, 2.24) is 9.21 Å². The van der Waals surface area contributed by atoms with Crippen LogP contribution in [0.25, 0.3) is 5.76 Å². The molecule has 4 rings (SSSR count). The van der Waals surface area contributed by atoms with Crippen LogP contribution in [0, 0.1) is 0 Å². The molecule has 2 fully saturated rings. The van der Waals surface area contributed by atoms with Crippen LogP contribution < -0.4 is 10.0 Å². The molecule has 2 aromatic carbocycles. The third-order valence-electron chi connectivity index (χ3n) is 6.50. The molecular weight excluding hydrogens is 550 g/mol. The summed E-state index contributed by atoms with van der Waals surface area (Å²) < 4.78 is 32.0. The first-order valence-electron chi connectivity index (χ1n) is 11.6. The molecule has 0 saturated carbocycles. The van der Waals surface area contributed by atoms with Crippen molar-refractivity contribution >= 4 is 43.4 Å². The van der Waals surface area contributed by atoms with Crippen molar-refractivity contribution in [3.63, 3.8) is 0 Å². The van der Waals surface area contributed by atoms with Gasteiger partial charge in [-0.2, -0.15) is 0 Å². The van der Waals surface area contributed by atoms with E-state index in [9.17, 15) is 23.1 Å². The van der Waals surface area contributed by atoms with E-state index >= 15 is 0 Å². The van der Waals surface area contributed by atoms with Gasteiger partial charge in [0.15, 0.2) is 0 Å². The Labute approximate surface area is 219 Å². The maximum absolute atomic E-state index is 13.6. The highest BCUT2D eigenvalue weighted by atomic mass is 79.9. The molecule has 0 aliphatic carbocycles. The van der Waals surface area contributed by atoms with Gasteiger partial charge in [0.25, 0.3) is 5.91 Å². The van der Waals surface area contributed by atoms with Gasteiger partial charge < -0.3 is 19.6 Å². The minimum atomic E-state index is -3.67. The summed E-state index contributed by atoms with van der Waals surface area (Å²) in [5.74, 6) is -2.12. The zero-order valence-corrected chi connectivity index (χ0v) is 22.5. The number of carbonyl (C=O) groups is 2. The number of sulfonamides is 1. The average molecular weight is 578 g/mol. The summed E-state index contributed by atoms with van der Waals surface area (Å²) >= 11 is 3.44. The van der Waals surface area contributed by atoms with Gasteiger partial charge in [-0.1, -0.05) is 46.0 Å². The molecule has 0 spiro atoms. The molecule has 2 heterocycles. The number of rotatable bonds is 7. The number of ketones is 1. The zero-order chi connectivity index (χ0) is 26.0. The summed E-state index contributed by atoms with van der Waals surface area (Å²) in [6.07, 6.45) is 0. The highest BCUT2D eigenvalue weighted by Gasteiger charge is 2.44. The molecule has 9 nitrogen and oxygen atoms in total. The maximum Gasteiger partial charge on any atom is 0.295 e. The summed E-state index contributed by atoms with van der Waals surface area (Å²) in [4.78, 5) is 29.1. The molecular formula is C25H28BrN3O6S. The van der Waals surface area contributed by atoms with Gasteiger partial charge in [-0.3, -0.25) is 9.59 Å². The Balaban J connectivity index is 1.73. The van der Waals surface area contributed by atoms with Crippen LogP contribution in [0.1, 0.15) is 17.2 Å². The largest absolute Gasteiger partial charge is 0.872 e. The van der Waals surface area contributed by atoms with Crippen LogP contribution in [0.15, 0.2) is 63.5 Å². The Morgan fingerprint density at radius 3 is 2.42 bits per heavy atom. The smallest absolute Gasteiger partial charge is 0.295 e. The van der Waals surface area contributed by atoms with Crippen LogP contribution in [0.3, 0.4) is 0 Å². The van der Waals surface area contributed by atoms with E-state index in [1.807, 2.05) is 6.07 Å². The molecule has 1 amide bonds. The number of nitrogens with one attached hydrogen (secondary N) is 1. The minimum Gasteiger partial charge on any atom is -0.872 e. The van der Waals surface area contributed by atoms with Crippen LogP contribution in [0.4, 0.5) is 0 Å². The molecule has 2 aliphatic rings. The normalized spacial score (nSPS) is 20.9. The van der Waals surface area contributed by atoms with E-state index in [-0.39, 0.29) is 16.0 Å². The monoisotopic (exact) mass is 577 g/mol. The predicted octanol–water partition coefficient (Wildman–Crippen LogP) is -0.161. The van der Waals surface area contributed by atoms with E-state index in [0.717, 1.165) is 21.9 Å².